The summed E-state index contributed by atoms with van der Waals surface area (Å²) in [5.74, 6) is -1.13. The van der Waals surface area contributed by atoms with Crippen LogP contribution in [-0.2, 0) is 21.2 Å². The highest BCUT2D eigenvalue weighted by Crippen LogP contribution is 2.07. The Labute approximate surface area is 86.8 Å². The molecule has 0 aliphatic heterocycles. The van der Waals surface area contributed by atoms with Crippen molar-refractivity contribution in [3.8, 4) is 0 Å². The van der Waals surface area contributed by atoms with Crippen molar-refractivity contribution >= 4 is 15.8 Å². The minimum Gasteiger partial charge on any atom is -0.478 e. The van der Waals surface area contributed by atoms with Gasteiger partial charge in [0.1, 0.15) is 4.90 Å². The average molecular weight is 230 g/mol. The van der Waals surface area contributed by atoms with Crippen molar-refractivity contribution in [2.24, 2.45) is 0 Å². The van der Waals surface area contributed by atoms with Gasteiger partial charge in [0.15, 0.2) is 9.84 Å². The van der Waals surface area contributed by atoms with E-state index in [1.165, 1.54) is 17.1 Å². The molecule has 0 aliphatic rings. The average Bonchev–Trinajstić information content (AvgIpc) is 2.51. The second kappa shape index (κ2) is 3.85. The molecule has 1 aromatic rings. The minimum absolute atomic E-state index is 0.0369. The lowest BCUT2D eigenvalue weighted by Crippen LogP contribution is -2.08. The van der Waals surface area contributed by atoms with Gasteiger partial charge in [-0.05, 0) is 0 Å². The van der Waals surface area contributed by atoms with Gasteiger partial charge < -0.3 is 5.11 Å². The third-order valence-electron chi connectivity index (χ3n) is 1.69. The summed E-state index contributed by atoms with van der Waals surface area (Å²) < 4.78 is 23.4. The van der Waals surface area contributed by atoms with Gasteiger partial charge in [0, 0.05) is 12.5 Å². The summed E-state index contributed by atoms with van der Waals surface area (Å²) in [7, 11) is -3.30. The van der Waals surface area contributed by atoms with Gasteiger partial charge in [-0.15, -0.1) is 0 Å². The Hall–Kier alpha value is -1.63. The van der Waals surface area contributed by atoms with Crippen LogP contribution in [0.25, 0.3) is 0 Å². The van der Waals surface area contributed by atoms with E-state index in [9.17, 15) is 13.2 Å². The van der Waals surface area contributed by atoms with E-state index >= 15 is 0 Å². The predicted octanol–water partition coefficient (Wildman–Crippen LogP) is -0.0726. The van der Waals surface area contributed by atoms with Crippen LogP contribution in [0.1, 0.15) is 0 Å². The fourth-order valence-electron chi connectivity index (χ4n) is 0.886. The van der Waals surface area contributed by atoms with Crippen molar-refractivity contribution in [1.29, 1.82) is 0 Å². The van der Waals surface area contributed by atoms with E-state index in [2.05, 4.69) is 11.7 Å². The SMILES string of the molecule is C=C(Cn1cc(S(C)(=O)=O)cn1)C(=O)O. The first-order valence-corrected chi connectivity index (χ1v) is 5.83. The van der Waals surface area contributed by atoms with Crippen LogP contribution >= 0.6 is 0 Å². The molecule has 0 spiro atoms. The summed E-state index contributed by atoms with van der Waals surface area (Å²) in [6.45, 7) is 3.27. The molecule has 0 atom stereocenters. The number of sulfone groups is 1. The van der Waals surface area contributed by atoms with Gasteiger partial charge in [-0.3, -0.25) is 4.68 Å². The van der Waals surface area contributed by atoms with E-state index in [0.29, 0.717) is 0 Å². The molecule has 1 rings (SSSR count). The van der Waals surface area contributed by atoms with Crippen molar-refractivity contribution in [3.63, 3.8) is 0 Å². The van der Waals surface area contributed by atoms with Gasteiger partial charge in [-0.1, -0.05) is 6.58 Å². The standard InChI is InChI=1S/C8H10N2O4S/c1-6(8(11)12)4-10-5-7(3-9-10)15(2,13)14/h3,5H,1,4H2,2H3,(H,11,12). The fraction of sp³-hybridized carbons (Fsp3) is 0.250. The van der Waals surface area contributed by atoms with Crippen LogP contribution in [0, 0.1) is 0 Å². The highest BCUT2D eigenvalue weighted by atomic mass is 32.2. The monoisotopic (exact) mass is 230 g/mol. The molecule has 0 aliphatic carbocycles. The van der Waals surface area contributed by atoms with Gasteiger partial charge in [0.2, 0.25) is 0 Å². The number of carboxylic acids is 1. The lowest BCUT2D eigenvalue weighted by atomic mass is 10.3. The number of rotatable bonds is 4. The first-order chi connectivity index (χ1) is 6.80. The maximum absolute atomic E-state index is 11.1. The van der Waals surface area contributed by atoms with Crippen molar-refractivity contribution < 1.29 is 18.3 Å². The van der Waals surface area contributed by atoms with E-state index in [1.54, 1.807) is 0 Å². The first-order valence-electron chi connectivity index (χ1n) is 3.94. The molecular weight excluding hydrogens is 220 g/mol. The number of aromatic nitrogens is 2. The highest BCUT2D eigenvalue weighted by Gasteiger charge is 2.11. The molecule has 6 nitrogen and oxygen atoms in total. The summed E-state index contributed by atoms with van der Waals surface area (Å²) in [5.41, 5.74) is -0.0573. The molecule has 0 unspecified atom stereocenters. The van der Waals surface area contributed by atoms with Crippen LogP contribution in [0.4, 0.5) is 0 Å². The smallest absolute Gasteiger partial charge is 0.332 e. The number of nitrogens with zero attached hydrogens (tertiary/aromatic N) is 2. The van der Waals surface area contributed by atoms with Gasteiger partial charge in [-0.25, -0.2) is 13.2 Å². The Balaban J connectivity index is 2.87. The Morgan fingerprint density at radius 1 is 1.67 bits per heavy atom. The Kier molecular flexibility index (Phi) is 2.94. The zero-order valence-corrected chi connectivity index (χ0v) is 8.86. The molecule has 0 bridgehead atoms. The number of aliphatic carboxylic acids is 1. The van der Waals surface area contributed by atoms with Crippen LogP contribution in [0.15, 0.2) is 29.4 Å². The molecule has 1 aromatic heterocycles. The van der Waals surface area contributed by atoms with Crippen LogP contribution < -0.4 is 0 Å². The topological polar surface area (TPSA) is 89.3 Å². The number of carbonyl (C=O) groups is 1. The summed E-state index contributed by atoms with van der Waals surface area (Å²) >= 11 is 0. The molecule has 0 amide bonds. The molecule has 0 fully saturated rings. The second-order valence-corrected chi connectivity index (χ2v) is 5.07. The molecule has 0 saturated carbocycles. The molecule has 0 radical (unpaired) electrons. The number of carboxylic acid groups (broad SMARTS) is 1. The third kappa shape index (κ3) is 2.91. The largest absolute Gasteiger partial charge is 0.478 e. The zero-order chi connectivity index (χ0) is 11.6. The maximum atomic E-state index is 11.1. The summed E-state index contributed by atoms with van der Waals surface area (Å²) in [6, 6.07) is 0. The van der Waals surface area contributed by atoms with Crippen LogP contribution in [0.5, 0.6) is 0 Å². The van der Waals surface area contributed by atoms with Gasteiger partial charge in [0.05, 0.1) is 18.3 Å². The molecule has 7 heteroatoms. The zero-order valence-electron chi connectivity index (χ0n) is 8.04. The van der Waals surface area contributed by atoms with Gasteiger partial charge >= 0.3 is 5.97 Å². The van der Waals surface area contributed by atoms with Crippen molar-refractivity contribution in [2.45, 2.75) is 11.4 Å². The fourth-order valence-corrected chi connectivity index (χ4v) is 1.44. The molecule has 0 aromatic carbocycles. The third-order valence-corrected chi connectivity index (χ3v) is 2.76. The van der Waals surface area contributed by atoms with Crippen molar-refractivity contribution in [2.75, 3.05) is 6.26 Å². The molecule has 1 N–H and O–H groups in total. The quantitative estimate of drug-likeness (QED) is 0.731. The minimum atomic E-state index is -3.30. The van der Waals surface area contributed by atoms with Crippen LogP contribution in [0.2, 0.25) is 0 Å². The maximum Gasteiger partial charge on any atom is 0.332 e. The molecule has 82 valence electrons. The summed E-state index contributed by atoms with van der Waals surface area (Å²) in [5, 5.41) is 12.3. The second-order valence-electron chi connectivity index (χ2n) is 3.05. The molecular formula is C8H10N2O4S. The van der Waals surface area contributed by atoms with E-state index in [-0.39, 0.29) is 17.0 Å². The lowest BCUT2D eigenvalue weighted by molar-refractivity contribution is -0.132. The van der Waals surface area contributed by atoms with Crippen LogP contribution in [0.3, 0.4) is 0 Å². The van der Waals surface area contributed by atoms with Crippen LogP contribution in [-0.4, -0.2) is 35.5 Å². The first kappa shape index (κ1) is 11.4. The highest BCUT2D eigenvalue weighted by molar-refractivity contribution is 7.90. The molecule has 1 heterocycles. The van der Waals surface area contributed by atoms with E-state index in [4.69, 9.17) is 5.11 Å². The molecule has 15 heavy (non-hydrogen) atoms. The number of hydrogen-bond donors (Lipinski definition) is 1. The lowest BCUT2D eigenvalue weighted by Gasteiger charge is -1.99. The number of hydrogen-bond acceptors (Lipinski definition) is 4. The van der Waals surface area contributed by atoms with Crippen molar-refractivity contribution in [3.05, 3.63) is 24.5 Å². The summed E-state index contributed by atoms with van der Waals surface area (Å²) in [4.78, 5) is 10.5. The van der Waals surface area contributed by atoms with Gasteiger partial charge in [0.25, 0.3) is 0 Å². The van der Waals surface area contributed by atoms with Gasteiger partial charge in [-0.2, -0.15) is 5.10 Å². The predicted molar refractivity (Wildman–Crippen MR) is 52.1 cm³/mol. The Bertz CT molecular complexity index is 500. The van der Waals surface area contributed by atoms with Crippen molar-refractivity contribution in [1.82, 2.24) is 9.78 Å². The molecule has 0 saturated heterocycles. The normalized spacial score (nSPS) is 11.3. The van der Waals surface area contributed by atoms with E-state index < -0.39 is 15.8 Å². The summed E-state index contributed by atoms with van der Waals surface area (Å²) in [6.07, 6.45) is 3.49. The Morgan fingerprint density at radius 3 is 2.67 bits per heavy atom. The van der Waals surface area contributed by atoms with E-state index in [0.717, 1.165) is 6.26 Å². The van der Waals surface area contributed by atoms with E-state index in [1.807, 2.05) is 0 Å². The Morgan fingerprint density at radius 2 is 2.27 bits per heavy atom.